The molecule has 4 heteroatoms. The molecular weight excluding hydrogens is 312 g/mol. The van der Waals surface area contributed by atoms with E-state index in [2.05, 4.69) is 19.2 Å². The standard InChI is InChI=1S/C21H24N2O2/c1-15(2)16-5-7-17(8-6-16)20(24)22-19-11-9-18(10-12-19)21(25)23-13-3-4-14-23/h5-12,15H,3-4,13-14H2,1-2H3,(H,22,24). The molecule has 2 aromatic carbocycles. The summed E-state index contributed by atoms with van der Waals surface area (Å²) < 4.78 is 0. The number of rotatable bonds is 4. The molecule has 1 aliphatic heterocycles. The highest BCUT2D eigenvalue weighted by atomic mass is 16.2. The molecule has 25 heavy (non-hydrogen) atoms. The number of carbonyl (C=O) groups is 2. The Balaban J connectivity index is 1.64. The fourth-order valence-electron chi connectivity index (χ4n) is 3.02. The molecule has 0 bridgehead atoms. The van der Waals surface area contributed by atoms with E-state index in [0.717, 1.165) is 25.9 Å². The van der Waals surface area contributed by atoms with Gasteiger partial charge in [0.25, 0.3) is 11.8 Å². The molecule has 1 saturated heterocycles. The van der Waals surface area contributed by atoms with Crippen molar-refractivity contribution in [1.82, 2.24) is 4.90 Å². The maximum atomic E-state index is 12.3. The van der Waals surface area contributed by atoms with E-state index in [0.29, 0.717) is 22.7 Å². The van der Waals surface area contributed by atoms with E-state index in [9.17, 15) is 9.59 Å². The molecule has 0 unspecified atom stereocenters. The first kappa shape index (κ1) is 17.2. The van der Waals surface area contributed by atoms with E-state index in [1.54, 1.807) is 24.3 Å². The van der Waals surface area contributed by atoms with Crippen LogP contribution in [-0.4, -0.2) is 29.8 Å². The third-order valence-corrected chi connectivity index (χ3v) is 4.62. The first-order chi connectivity index (χ1) is 12.0. The van der Waals surface area contributed by atoms with Crippen LogP contribution in [0.1, 0.15) is 58.9 Å². The predicted octanol–water partition coefficient (Wildman–Crippen LogP) is 4.30. The Morgan fingerprint density at radius 3 is 2.00 bits per heavy atom. The van der Waals surface area contributed by atoms with E-state index in [4.69, 9.17) is 0 Å². The Morgan fingerprint density at radius 2 is 1.44 bits per heavy atom. The Kier molecular flexibility index (Phi) is 5.17. The van der Waals surface area contributed by atoms with E-state index in [-0.39, 0.29) is 11.8 Å². The van der Waals surface area contributed by atoms with Crippen molar-refractivity contribution in [2.45, 2.75) is 32.6 Å². The van der Waals surface area contributed by atoms with Gasteiger partial charge in [0.2, 0.25) is 0 Å². The lowest BCUT2D eigenvalue weighted by molar-refractivity contribution is 0.0792. The molecule has 130 valence electrons. The summed E-state index contributed by atoms with van der Waals surface area (Å²) in [7, 11) is 0. The largest absolute Gasteiger partial charge is 0.339 e. The van der Waals surface area contributed by atoms with Crippen LogP contribution in [0, 0.1) is 0 Å². The molecule has 3 rings (SSSR count). The second kappa shape index (κ2) is 7.51. The SMILES string of the molecule is CC(C)c1ccc(C(=O)Nc2ccc(C(=O)N3CCCC3)cc2)cc1. The average molecular weight is 336 g/mol. The number of benzene rings is 2. The van der Waals surface area contributed by atoms with E-state index in [1.807, 2.05) is 29.2 Å². The number of likely N-dealkylation sites (tertiary alicyclic amines) is 1. The summed E-state index contributed by atoms with van der Waals surface area (Å²) >= 11 is 0. The Hall–Kier alpha value is -2.62. The molecule has 2 aromatic rings. The van der Waals surface area contributed by atoms with Crippen molar-refractivity contribution < 1.29 is 9.59 Å². The van der Waals surface area contributed by atoms with Gasteiger partial charge < -0.3 is 10.2 Å². The van der Waals surface area contributed by atoms with Crippen LogP contribution >= 0.6 is 0 Å². The molecular formula is C21H24N2O2. The fourth-order valence-corrected chi connectivity index (χ4v) is 3.02. The summed E-state index contributed by atoms with van der Waals surface area (Å²) in [6.45, 7) is 5.92. The maximum Gasteiger partial charge on any atom is 0.255 e. The van der Waals surface area contributed by atoms with Gasteiger partial charge in [-0.2, -0.15) is 0 Å². The van der Waals surface area contributed by atoms with Crippen molar-refractivity contribution in [3.8, 4) is 0 Å². The molecule has 0 spiro atoms. The van der Waals surface area contributed by atoms with Gasteiger partial charge in [0, 0.05) is 29.9 Å². The van der Waals surface area contributed by atoms with Crippen molar-refractivity contribution in [3.05, 3.63) is 65.2 Å². The zero-order valence-electron chi connectivity index (χ0n) is 14.8. The summed E-state index contributed by atoms with van der Waals surface area (Å²) in [6.07, 6.45) is 2.16. The molecule has 4 nitrogen and oxygen atoms in total. The zero-order valence-corrected chi connectivity index (χ0v) is 14.8. The second-order valence-corrected chi connectivity index (χ2v) is 6.81. The van der Waals surface area contributed by atoms with Crippen LogP contribution in [0.3, 0.4) is 0 Å². The quantitative estimate of drug-likeness (QED) is 0.905. The smallest absolute Gasteiger partial charge is 0.255 e. The third-order valence-electron chi connectivity index (χ3n) is 4.62. The third kappa shape index (κ3) is 4.08. The highest BCUT2D eigenvalue weighted by Gasteiger charge is 2.19. The Labute approximate surface area is 148 Å². The number of carbonyl (C=O) groups excluding carboxylic acids is 2. The first-order valence-electron chi connectivity index (χ1n) is 8.85. The van der Waals surface area contributed by atoms with Gasteiger partial charge in [-0.05, 0) is 60.7 Å². The van der Waals surface area contributed by atoms with Gasteiger partial charge in [0.15, 0.2) is 0 Å². The van der Waals surface area contributed by atoms with Gasteiger partial charge in [-0.1, -0.05) is 26.0 Å². The summed E-state index contributed by atoms with van der Waals surface area (Å²) in [5.41, 5.74) is 3.19. The minimum Gasteiger partial charge on any atom is -0.339 e. The van der Waals surface area contributed by atoms with Crippen LogP contribution in [0.15, 0.2) is 48.5 Å². The highest BCUT2D eigenvalue weighted by molar-refractivity contribution is 6.04. The summed E-state index contributed by atoms with van der Waals surface area (Å²) in [4.78, 5) is 26.5. The molecule has 1 fully saturated rings. The predicted molar refractivity (Wildman–Crippen MR) is 100 cm³/mol. The number of hydrogen-bond donors (Lipinski definition) is 1. The number of nitrogens with zero attached hydrogens (tertiary/aromatic N) is 1. The average Bonchev–Trinajstić information content (AvgIpc) is 3.16. The zero-order chi connectivity index (χ0) is 17.8. The van der Waals surface area contributed by atoms with Crippen molar-refractivity contribution in [1.29, 1.82) is 0 Å². The molecule has 1 aliphatic rings. The van der Waals surface area contributed by atoms with Crippen LogP contribution in [0.5, 0.6) is 0 Å². The Bertz CT molecular complexity index is 742. The van der Waals surface area contributed by atoms with Crippen LogP contribution < -0.4 is 5.32 Å². The van der Waals surface area contributed by atoms with Crippen molar-refractivity contribution in [2.75, 3.05) is 18.4 Å². The number of amides is 2. The lowest BCUT2D eigenvalue weighted by Gasteiger charge is -2.15. The van der Waals surface area contributed by atoms with Gasteiger partial charge in [0.1, 0.15) is 0 Å². The van der Waals surface area contributed by atoms with Crippen molar-refractivity contribution in [2.24, 2.45) is 0 Å². The van der Waals surface area contributed by atoms with E-state index < -0.39 is 0 Å². The van der Waals surface area contributed by atoms with E-state index in [1.165, 1.54) is 5.56 Å². The number of anilines is 1. The molecule has 1 N–H and O–H groups in total. The maximum absolute atomic E-state index is 12.3. The van der Waals surface area contributed by atoms with Gasteiger partial charge in [-0.3, -0.25) is 9.59 Å². The Morgan fingerprint density at radius 1 is 0.880 bits per heavy atom. The number of hydrogen-bond acceptors (Lipinski definition) is 2. The van der Waals surface area contributed by atoms with Crippen LogP contribution in [0.4, 0.5) is 5.69 Å². The summed E-state index contributed by atoms with van der Waals surface area (Å²) in [5, 5.41) is 2.88. The molecule has 0 atom stereocenters. The van der Waals surface area contributed by atoms with E-state index >= 15 is 0 Å². The van der Waals surface area contributed by atoms with Crippen LogP contribution in [-0.2, 0) is 0 Å². The molecule has 0 aliphatic carbocycles. The molecule has 2 amide bonds. The molecule has 0 saturated carbocycles. The fraction of sp³-hybridized carbons (Fsp3) is 0.333. The molecule has 0 aromatic heterocycles. The molecule has 1 heterocycles. The van der Waals surface area contributed by atoms with Gasteiger partial charge in [-0.15, -0.1) is 0 Å². The first-order valence-corrected chi connectivity index (χ1v) is 8.85. The second-order valence-electron chi connectivity index (χ2n) is 6.81. The minimum atomic E-state index is -0.145. The topological polar surface area (TPSA) is 49.4 Å². The lowest BCUT2D eigenvalue weighted by Crippen LogP contribution is -2.27. The monoisotopic (exact) mass is 336 g/mol. The van der Waals surface area contributed by atoms with Gasteiger partial charge >= 0.3 is 0 Å². The normalized spacial score (nSPS) is 14.0. The van der Waals surface area contributed by atoms with Crippen LogP contribution in [0.2, 0.25) is 0 Å². The summed E-state index contributed by atoms with van der Waals surface area (Å²) in [6, 6.07) is 14.8. The minimum absolute atomic E-state index is 0.0691. The molecule has 0 radical (unpaired) electrons. The number of nitrogens with one attached hydrogen (secondary N) is 1. The lowest BCUT2D eigenvalue weighted by atomic mass is 10.0. The van der Waals surface area contributed by atoms with Crippen molar-refractivity contribution >= 4 is 17.5 Å². The van der Waals surface area contributed by atoms with Crippen LogP contribution in [0.25, 0.3) is 0 Å². The van der Waals surface area contributed by atoms with Crippen molar-refractivity contribution in [3.63, 3.8) is 0 Å². The van der Waals surface area contributed by atoms with Gasteiger partial charge in [0.05, 0.1) is 0 Å². The van der Waals surface area contributed by atoms with Gasteiger partial charge in [-0.25, -0.2) is 0 Å². The highest BCUT2D eigenvalue weighted by Crippen LogP contribution is 2.18. The summed E-state index contributed by atoms with van der Waals surface area (Å²) in [5.74, 6) is 0.367.